The molecule has 3 rings (SSSR count). The third kappa shape index (κ3) is 4.21. The normalized spacial score (nSPS) is 17.7. The molecule has 0 spiro atoms. The van der Waals surface area contributed by atoms with E-state index in [0.29, 0.717) is 24.6 Å². The third-order valence-electron chi connectivity index (χ3n) is 4.19. The van der Waals surface area contributed by atoms with Gasteiger partial charge in [0, 0.05) is 19.2 Å². The predicted molar refractivity (Wildman–Crippen MR) is 86.0 cm³/mol. The van der Waals surface area contributed by atoms with Crippen molar-refractivity contribution in [3.63, 3.8) is 0 Å². The predicted octanol–water partition coefficient (Wildman–Crippen LogP) is 3.62. The molecule has 2 aromatic heterocycles. The number of thiazole rings is 1. The number of likely N-dealkylation sites (tertiary alicyclic amines) is 1. The lowest BCUT2D eigenvalue weighted by Crippen LogP contribution is -2.39. The molecule has 134 valence electrons. The van der Waals surface area contributed by atoms with Crippen LogP contribution in [0.15, 0.2) is 16.1 Å². The average molecular weight is 368 g/mol. The van der Waals surface area contributed by atoms with E-state index in [4.69, 9.17) is 9.26 Å². The zero-order valence-electron chi connectivity index (χ0n) is 13.7. The van der Waals surface area contributed by atoms with Gasteiger partial charge in [0.25, 0.3) is 6.43 Å². The number of nitrogens with zero attached hydrogens (tertiary/aromatic N) is 4. The fraction of sp³-hybridized carbons (Fsp3) is 0.562. The van der Waals surface area contributed by atoms with Gasteiger partial charge in [-0.3, -0.25) is 4.90 Å². The number of nitriles is 1. The lowest BCUT2D eigenvalue weighted by molar-refractivity contribution is -0.00900. The van der Waals surface area contributed by atoms with Gasteiger partial charge in [-0.05, 0) is 19.8 Å². The van der Waals surface area contributed by atoms with Crippen molar-refractivity contribution < 1.29 is 18.0 Å². The van der Waals surface area contributed by atoms with Crippen LogP contribution in [0.2, 0.25) is 0 Å². The smallest absolute Gasteiger partial charge is 0.281 e. The van der Waals surface area contributed by atoms with Gasteiger partial charge in [0.05, 0.1) is 29.2 Å². The summed E-state index contributed by atoms with van der Waals surface area (Å²) in [6.07, 6.45) is -1.14. The van der Waals surface area contributed by atoms with Crippen molar-refractivity contribution in [3.8, 4) is 6.07 Å². The van der Waals surface area contributed by atoms with Crippen LogP contribution in [0.1, 0.15) is 47.3 Å². The highest BCUT2D eigenvalue weighted by Gasteiger charge is 2.31. The summed E-state index contributed by atoms with van der Waals surface area (Å²) < 4.78 is 36.9. The van der Waals surface area contributed by atoms with Gasteiger partial charge in [0.1, 0.15) is 23.2 Å². The maximum atomic E-state index is 13.0. The van der Waals surface area contributed by atoms with Crippen molar-refractivity contribution >= 4 is 11.3 Å². The van der Waals surface area contributed by atoms with E-state index in [0.717, 1.165) is 35.6 Å². The van der Waals surface area contributed by atoms with E-state index >= 15 is 0 Å². The summed E-state index contributed by atoms with van der Waals surface area (Å²) in [4.78, 5) is 5.97. The van der Waals surface area contributed by atoms with Crippen molar-refractivity contribution in [3.05, 3.63) is 33.6 Å². The number of hydrogen-bond acceptors (Lipinski definition) is 7. The van der Waals surface area contributed by atoms with E-state index in [1.807, 2.05) is 17.9 Å². The molecule has 1 saturated heterocycles. The van der Waals surface area contributed by atoms with Crippen molar-refractivity contribution in [1.82, 2.24) is 15.0 Å². The minimum Gasteiger partial charge on any atom is -0.372 e. The van der Waals surface area contributed by atoms with Crippen molar-refractivity contribution in [1.29, 1.82) is 5.26 Å². The highest BCUT2D eigenvalue weighted by molar-refractivity contribution is 7.09. The summed E-state index contributed by atoms with van der Waals surface area (Å²) in [7, 11) is 0. The number of ether oxygens (including phenoxy) is 1. The Morgan fingerprint density at radius 3 is 2.84 bits per heavy atom. The van der Waals surface area contributed by atoms with Crippen LogP contribution in [-0.4, -0.2) is 34.2 Å². The van der Waals surface area contributed by atoms with Gasteiger partial charge in [-0.25, -0.2) is 13.8 Å². The molecule has 25 heavy (non-hydrogen) atoms. The number of halogens is 2. The summed E-state index contributed by atoms with van der Waals surface area (Å²) in [6, 6.07) is 3.29. The maximum absolute atomic E-state index is 13.0. The standard InChI is InChI=1S/C16H18F2N4O2S/c1-10-6-11(21-24-10)8-23-12-2-4-22(5-3-12)13(7-19)15-14(16(17)18)20-9-25-15/h6,9,12-13,16H,2-5,8H2,1H3. The minimum absolute atomic E-state index is 0.0589. The van der Waals surface area contributed by atoms with Crippen molar-refractivity contribution in [2.75, 3.05) is 13.1 Å². The Labute approximate surface area is 148 Å². The fourth-order valence-electron chi connectivity index (χ4n) is 2.93. The molecule has 0 N–H and O–H groups in total. The van der Waals surface area contributed by atoms with E-state index in [-0.39, 0.29) is 11.8 Å². The number of alkyl halides is 2. The van der Waals surface area contributed by atoms with E-state index in [2.05, 4.69) is 16.2 Å². The van der Waals surface area contributed by atoms with Crippen LogP contribution in [0.5, 0.6) is 0 Å². The summed E-state index contributed by atoms with van der Waals surface area (Å²) in [6.45, 7) is 3.43. The quantitative estimate of drug-likeness (QED) is 0.775. The molecule has 0 aromatic carbocycles. The van der Waals surface area contributed by atoms with Gasteiger partial charge < -0.3 is 9.26 Å². The average Bonchev–Trinajstić information content (AvgIpc) is 3.24. The molecule has 1 aliphatic rings. The number of aryl methyl sites for hydroxylation is 1. The first-order chi connectivity index (χ1) is 12.1. The zero-order valence-corrected chi connectivity index (χ0v) is 14.5. The molecular weight excluding hydrogens is 350 g/mol. The number of piperidine rings is 1. The number of rotatable bonds is 6. The Balaban J connectivity index is 1.55. The minimum atomic E-state index is -2.66. The van der Waals surface area contributed by atoms with E-state index in [9.17, 15) is 14.0 Å². The molecule has 0 aliphatic carbocycles. The second-order valence-electron chi connectivity index (χ2n) is 5.91. The van der Waals surface area contributed by atoms with Crippen LogP contribution in [0.25, 0.3) is 0 Å². The van der Waals surface area contributed by atoms with E-state index in [1.54, 1.807) is 0 Å². The first kappa shape index (κ1) is 17.9. The summed E-state index contributed by atoms with van der Waals surface area (Å²) >= 11 is 1.11. The molecule has 1 aliphatic heterocycles. The van der Waals surface area contributed by atoms with Crippen LogP contribution in [-0.2, 0) is 11.3 Å². The summed E-state index contributed by atoms with van der Waals surface area (Å²) in [5.74, 6) is 0.740. The Morgan fingerprint density at radius 2 is 2.24 bits per heavy atom. The SMILES string of the molecule is Cc1cc(COC2CCN(C(C#N)c3scnc3C(F)F)CC2)no1. The molecule has 0 amide bonds. The van der Waals surface area contributed by atoms with Crippen LogP contribution in [0.4, 0.5) is 8.78 Å². The molecule has 0 saturated carbocycles. The summed E-state index contributed by atoms with van der Waals surface area (Å²) in [5, 5.41) is 13.4. The lowest BCUT2D eigenvalue weighted by Gasteiger charge is -2.34. The van der Waals surface area contributed by atoms with Crippen molar-refractivity contribution in [2.24, 2.45) is 0 Å². The molecule has 0 radical (unpaired) electrons. The van der Waals surface area contributed by atoms with E-state index < -0.39 is 12.5 Å². The van der Waals surface area contributed by atoms with Crippen LogP contribution < -0.4 is 0 Å². The molecule has 2 aromatic rings. The fourth-order valence-corrected chi connectivity index (χ4v) is 3.80. The first-order valence-corrected chi connectivity index (χ1v) is 8.85. The Hall–Kier alpha value is -1.89. The van der Waals surface area contributed by atoms with Gasteiger partial charge in [-0.15, -0.1) is 11.3 Å². The third-order valence-corrected chi connectivity index (χ3v) is 5.08. The lowest BCUT2D eigenvalue weighted by atomic mass is 10.0. The maximum Gasteiger partial charge on any atom is 0.281 e. The molecule has 9 heteroatoms. The van der Waals surface area contributed by atoms with Gasteiger partial charge in [-0.1, -0.05) is 5.16 Å². The largest absolute Gasteiger partial charge is 0.372 e. The van der Waals surface area contributed by atoms with Crippen LogP contribution >= 0.6 is 11.3 Å². The highest BCUT2D eigenvalue weighted by Crippen LogP contribution is 2.34. The van der Waals surface area contributed by atoms with Crippen LogP contribution in [0.3, 0.4) is 0 Å². The number of hydrogen-bond donors (Lipinski definition) is 0. The Kier molecular flexibility index (Phi) is 5.73. The number of aromatic nitrogens is 2. The van der Waals surface area contributed by atoms with Gasteiger partial charge in [0.15, 0.2) is 0 Å². The van der Waals surface area contributed by atoms with Gasteiger partial charge in [-0.2, -0.15) is 5.26 Å². The Morgan fingerprint density at radius 1 is 1.48 bits per heavy atom. The van der Waals surface area contributed by atoms with Crippen LogP contribution in [0, 0.1) is 18.3 Å². The van der Waals surface area contributed by atoms with Gasteiger partial charge in [0.2, 0.25) is 0 Å². The molecule has 0 bridgehead atoms. The monoisotopic (exact) mass is 368 g/mol. The van der Waals surface area contributed by atoms with Gasteiger partial charge >= 0.3 is 0 Å². The topological polar surface area (TPSA) is 75.2 Å². The molecule has 1 unspecified atom stereocenters. The van der Waals surface area contributed by atoms with Crippen molar-refractivity contribution in [2.45, 2.75) is 44.9 Å². The second-order valence-corrected chi connectivity index (χ2v) is 6.80. The molecule has 3 heterocycles. The molecular formula is C16H18F2N4O2S. The zero-order chi connectivity index (χ0) is 17.8. The molecule has 1 atom stereocenters. The molecule has 1 fully saturated rings. The Bertz CT molecular complexity index is 735. The summed E-state index contributed by atoms with van der Waals surface area (Å²) in [5.41, 5.74) is 1.84. The highest BCUT2D eigenvalue weighted by atomic mass is 32.1. The molecule has 6 nitrogen and oxygen atoms in total. The first-order valence-electron chi connectivity index (χ1n) is 7.97. The van der Waals surface area contributed by atoms with E-state index in [1.165, 1.54) is 5.51 Å². The second kappa shape index (κ2) is 7.99.